The highest BCUT2D eigenvalue weighted by Gasteiger charge is 2.10. The lowest BCUT2D eigenvalue weighted by molar-refractivity contribution is 0.288. The fourth-order valence-electron chi connectivity index (χ4n) is 3.10. The molecular weight excluding hydrogens is 386 g/mol. The van der Waals surface area contributed by atoms with Crippen molar-refractivity contribution in [3.05, 3.63) is 57.9 Å². The number of aromatic nitrogens is 4. The molecule has 0 saturated carbocycles. The minimum Gasteiger partial charge on any atom is -0.497 e. The van der Waals surface area contributed by atoms with E-state index in [2.05, 4.69) is 53.6 Å². The number of methoxy groups -OCH3 is 1. The number of hydrogen-bond acceptors (Lipinski definition) is 5. The second kappa shape index (κ2) is 9.09. The Morgan fingerprint density at radius 2 is 2.00 bits per heavy atom. The molecule has 1 aromatic carbocycles. The summed E-state index contributed by atoms with van der Waals surface area (Å²) in [5, 5.41) is 11.6. The van der Waals surface area contributed by atoms with E-state index < -0.39 is 0 Å². The van der Waals surface area contributed by atoms with E-state index in [4.69, 9.17) is 21.7 Å². The van der Waals surface area contributed by atoms with Gasteiger partial charge < -0.3 is 14.0 Å². The standard InChI is InChI=1S/C21H27N5O2S/c1-14(2)12-25-15(3)9-17(16(25)4)11-22-26-20(23-24-21(26)29)13-28-19-8-6-7-18(10-19)27-5/h6-11,14H,12-13H2,1-5H3,(H,24,29)/b22-11-. The van der Waals surface area contributed by atoms with Crippen molar-refractivity contribution >= 4 is 18.4 Å². The van der Waals surface area contributed by atoms with E-state index in [0.29, 0.717) is 22.3 Å². The van der Waals surface area contributed by atoms with Crippen molar-refractivity contribution < 1.29 is 9.47 Å². The SMILES string of the molecule is COc1cccc(OCc2n[nH]c(=S)n2/N=C\c2cc(C)n(CC(C)C)c2C)c1. The first-order chi connectivity index (χ1) is 13.9. The molecule has 2 aromatic heterocycles. The second-order valence-corrected chi connectivity index (χ2v) is 7.69. The van der Waals surface area contributed by atoms with Crippen LogP contribution in [0.1, 0.15) is 36.6 Å². The zero-order valence-electron chi connectivity index (χ0n) is 17.5. The van der Waals surface area contributed by atoms with Gasteiger partial charge in [0, 0.05) is 29.6 Å². The third kappa shape index (κ3) is 4.95. The number of H-pyrrole nitrogens is 1. The Morgan fingerprint density at radius 1 is 1.24 bits per heavy atom. The van der Waals surface area contributed by atoms with Crippen LogP contribution in [0.5, 0.6) is 11.5 Å². The molecule has 0 unspecified atom stereocenters. The molecule has 0 aliphatic carbocycles. The van der Waals surface area contributed by atoms with Crippen LogP contribution in [-0.2, 0) is 13.2 Å². The van der Waals surface area contributed by atoms with Gasteiger partial charge in [0.2, 0.25) is 4.77 Å². The summed E-state index contributed by atoms with van der Waals surface area (Å²) in [5.41, 5.74) is 3.46. The molecule has 0 bridgehead atoms. The first-order valence-electron chi connectivity index (χ1n) is 9.53. The molecule has 0 amide bonds. The lowest BCUT2D eigenvalue weighted by Gasteiger charge is -2.11. The molecule has 2 heterocycles. The molecule has 1 N–H and O–H groups in total. The van der Waals surface area contributed by atoms with Crippen LogP contribution in [0.2, 0.25) is 0 Å². The number of benzene rings is 1. The zero-order valence-corrected chi connectivity index (χ0v) is 18.3. The summed E-state index contributed by atoms with van der Waals surface area (Å²) in [5.74, 6) is 2.58. The van der Waals surface area contributed by atoms with Gasteiger partial charge in [0.1, 0.15) is 18.1 Å². The average molecular weight is 414 g/mol. The lowest BCUT2D eigenvalue weighted by atomic mass is 10.2. The zero-order chi connectivity index (χ0) is 21.0. The number of aromatic amines is 1. The maximum atomic E-state index is 5.82. The summed E-state index contributed by atoms with van der Waals surface area (Å²) >= 11 is 5.33. The molecule has 8 heteroatoms. The van der Waals surface area contributed by atoms with E-state index in [1.54, 1.807) is 11.8 Å². The molecule has 7 nitrogen and oxygen atoms in total. The highest BCUT2D eigenvalue weighted by Crippen LogP contribution is 2.20. The van der Waals surface area contributed by atoms with Crippen molar-refractivity contribution in [3.63, 3.8) is 0 Å². The molecule has 3 rings (SSSR count). The fourth-order valence-corrected chi connectivity index (χ4v) is 3.30. The molecule has 0 fully saturated rings. The van der Waals surface area contributed by atoms with Crippen molar-refractivity contribution in [3.8, 4) is 11.5 Å². The van der Waals surface area contributed by atoms with Crippen LogP contribution in [0.4, 0.5) is 0 Å². The van der Waals surface area contributed by atoms with Gasteiger partial charge in [-0.15, -0.1) is 0 Å². The summed E-state index contributed by atoms with van der Waals surface area (Å²) in [4.78, 5) is 0. The summed E-state index contributed by atoms with van der Waals surface area (Å²) in [6, 6.07) is 9.55. The molecular formula is C21H27N5O2S. The van der Waals surface area contributed by atoms with Crippen LogP contribution in [0.15, 0.2) is 35.4 Å². The molecule has 0 radical (unpaired) electrons. The van der Waals surface area contributed by atoms with Gasteiger partial charge in [0.15, 0.2) is 5.82 Å². The Balaban J connectivity index is 1.79. The minimum atomic E-state index is 0.226. The monoisotopic (exact) mass is 413 g/mol. The van der Waals surface area contributed by atoms with Crippen molar-refractivity contribution in [1.82, 2.24) is 19.4 Å². The number of nitrogens with one attached hydrogen (secondary N) is 1. The normalized spacial score (nSPS) is 11.5. The van der Waals surface area contributed by atoms with Gasteiger partial charge in [-0.2, -0.15) is 14.9 Å². The van der Waals surface area contributed by atoms with Crippen molar-refractivity contribution in [2.75, 3.05) is 7.11 Å². The van der Waals surface area contributed by atoms with Crippen LogP contribution in [-0.4, -0.2) is 32.8 Å². The van der Waals surface area contributed by atoms with Gasteiger partial charge in [-0.05, 0) is 50.2 Å². The minimum absolute atomic E-state index is 0.226. The first kappa shape index (κ1) is 20.9. The van der Waals surface area contributed by atoms with E-state index in [1.807, 2.05) is 30.5 Å². The summed E-state index contributed by atoms with van der Waals surface area (Å²) in [6.45, 7) is 9.86. The molecule has 0 aliphatic heterocycles. The van der Waals surface area contributed by atoms with Gasteiger partial charge in [0.25, 0.3) is 0 Å². The summed E-state index contributed by atoms with van der Waals surface area (Å²) < 4.78 is 15.4. The van der Waals surface area contributed by atoms with E-state index in [9.17, 15) is 0 Å². The number of hydrogen-bond donors (Lipinski definition) is 1. The summed E-state index contributed by atoms with van der Waals surface area (Å²) in [7, 11) is 1.62. The predicted molar refractivity (Wildman–Crippen MR) is 116 cm³/mol. The highest BCUT2D eigenvalue weighted by molar-refractivity contribution is 7.71. The van der Waals surface area contributed by atoms with Crippen molar-refractivity contribution in [2.24, 2.45) is 11.0 Å². The molecule has 0 spiro atoms. The lowest BCUT2D eigenvalue weighted by Crippen LogP contribution is -2.08. The Morgan fingerprint density at radius 3 is 2.72 bits per heavy atom. The fraction of sp³-hybridized carbons (Fsp3) is 0.381. The molecule has 0 saturated heterocycles. The Kier molecular flexibility index (Phi) is 6.53. The van der Waals surface area contributed by atoms with E-state index >= 15 is 0 Å². The van der Waals surface area contributed by atoms with E-state index in [1.165, 1.54) is 11.4 Å². The van der Waals surface area contributed by atoms with Crippen LogP contribution in [0, 0.1) is 24.5 Å². The maximum Gasteiger partial charge on any atom is 0.216 e. The highest BCUT2D eigenvalue weighted by atomic mass is 32.1. The number of nitrogens with zero attached hydrogens (tertiary/aromatic N) is 4. The van der Waals surface area contributed by atoms with Crippen LogP contribution in [0.25, 0.3) is 0 Å². The molecule has 0 aliphatic rings. The van der Waals surface area contributed by atoms with E-state index in [-0.39, 0.29) is 6.61 Å². The van der Waals surface area contributed by atoms with Crippen LogP contribution < -0.4 is 9.47 Å². The smallest absolute Gasteiger partial charge is 0.216 e. The molecule has 0 atom stereocenters. The Bertz CT molecular complexity index is 1060. The Hall–Kier alpha value is -2.87. The molecule has 154 valence electrons. The predicted octanol–water partition coefficient (Wildman–Crippen LogP) is 4.48. The van der Waals surface area contributed by atoms with Gasteiger partial charge >= 0.3 is 0 Å². The topological polar surface area (TPSA) is 69.4 Å². The largest absolute Gasteiger partial charge is 0.497 e. The number of ether oxygens (including phenoxy) is 2. The van der Waals surface area contributed by atoms with Gasteiger partial charge in [-0.3, -0.25) is 0 Å². The number of rotatable bonds is 8. The maximum absolute atomic E-state index is 5.82. The van der Waals surface area contributed by atoms with Gasteiger partial charge in [-0.1, -0.05) is 19.9 Å². The van der Waals surface area contributed by atoms with Crippen molar-refractivity contribution in [2.45, 2.75) is 40.8 Å². The van der Waals surface area contributed by atoms with Crippen molar-refractivity contribution in [1.29, 1.82) is 0 Å². The van der Waals surface area contributed by atoms with E-state index in [0.717, 1.165) is 17.9 Å². The third-order valence-corrected chi connectivity index (χ3v) is 4.86. The third-order valence-electron chi connectivity index (χ3n) is 4.60. The van der Waals surface area contributed by atoms with Crippen LogP contribution >= 0.6 is 12.2 Å². The average Bonchev–Trinajstić information content (AvgIpc) is 3.18. The quantitative estimate of drug-likeness (QED) is 0.436. The van der Waals surface area contributed by atoms with Gasteiger partial charge in [-0.25, -0.2) is 5.10 Å². The molecule has 3 aromatic rings. The van der Waals surface area contributed by atoms with Gasteiger partial charge in [0.05, 0.1) is 13.3 Å². The second-order valence-electron chi connectivity index (χ2n) is 7.30. The first-order valence-corrected chi connectivity index (χ1v) is 9.94. The molecule has 29 heavy (non-hydrogen) atoms. The number of aryl methyl sites for hydroxylation is 1. The van der Waals surface area contributed by atoms with Crippen LogP contribution in [0.3, 0.4) is 0 Å². The Labute approximate surface area is 176 Å². The summed E-state index contributed by atoms with van der Waals surface area (Å²) in [6.07, 6.45) is 1.82.